The third-order valence-electron chi connectivity index (χ3n) is 1.84. The number of hydrogen-bond donors (Lipinski definition) is 1. The predicted octanol–water partition coefficient (Wildman–Crippen LogP) is 2.46. The molecule has 1 heterocycles. The van der Waals surface area contributed by atoms with Crippen LogP contribution in [-0.4, -0.2) is 20.9 Å². The van der Waals surface area contributed by atoms with E-state index in [0.29, 0.717) is 5.13 Å². The molecule has 4 nitrogen and oxygen atoms in total. The zero-order chi connectivity index (χ0) is 11.4. The van der Waals surface area contributed by atoms with Crippen LogP contribution in [0.15, 0.2) is 0 Å². The molecule has 1 aromatic heterocycles. The van der Waals surface area contributed by atoms with Gasteiger partial charge in [-0.2, -0.15) is 0 Å². The van der Waals surface area contributed by atoms with Crippen LogP contribution in [0.2, 0.25) is 0 Å². The maximum absolute atomic E-state index is 11.6. The highest BCUT2D eigenvalue weighted by molar-refractivity contribution is 9.10. The lowest BCUT2D eigenvalue weighted by atomic mass is 10.1. The second-order valence-corrected chi connectivity index (χ2v) is 5.54. The number of aryl methyl sites for hydroxylation is 1. The number of hydrogen-bond acceptors (Lipinski definition) is 4. The number of rotatable bonds is 4. The summed E-state index contributed by atoms with van der Waals surface area (Å²) in [5, 5.41) is 12.1. The van der Waals surface area contributed by atoms with Gasteiger partial charge in [-0.15, -0.1) is 10.2 Å². The van der Waals surface area contributed by atoms with E-state index in [1.807, 2.05) is 20.8 Å². The molecule has 1 aromatic rings. The number of amides is 1. The third-order valence-corrected chi connectivity index (χ3v) is 4.29. The molecule has 1 amide bonds. The standard InChI is InChI=1S/C9H14BrN3OS/c1-4-6-12-13-9(15-6)11-8(14)7(10)5(2)3/h5,7H,4H2,1-3H3,(H,11,13,14)/t7-/m0/s1. The summed E-state index contributed by atoms with van der Waals surface area (Å²) in [4.78, 5) is 11.4. The van der Waals surface area contributed by atoms with Crippen LogP contribution in [0, 0.1) is 5.92 Å². The lowest BCUT2D eigenvalue weighted by Gasteiger charge is -2.11. The Morgan fingerprint density at radius 1 is 1.53 bits per heavy atom. The van der Waals surface area contributed by atoms with Gasteiger partial charge in [-0.25, -0.2) is 0 Å². The van der Waals surface area contributed by atoms with Crippen molar-refractivity contribution in [1.82, 2.24) is 10.2 Å². The van der Waals surface area contributed by atoms with Gasteiger partial charge in [0.05, 0.1) is 4.83 Å². The van der Waals surface area contributed by atoms with Crippen molar-refractivity contribution in [3.05, 3.63) is 5.01 Å². The largest absolute Gasteiger partial charge is 0.300 e. The minimum Gasteiger partial charge on any atom is -0.300 e. The van der Waals surface area contributed by atoms with Gasteiger partial charge in [0.1, 0.15) is 5.01 Å². The number of nitrogens with one attached hydrogen (secondary N) is 1. The summed E-state index contributed by atoms with van der Waals surface area (Å²) < 4.78 is 0. The smallest absolute Gasteiger partial charge is 0.240 e. The molecule has 0 saturated carbocycles. The van der Waals surface area contributed by atoms with Crippen molar-refractivity contribution >= 4 is 38.3 Å². The second-order valence-electron chi connectivity index (χ2n) is 3.49. The molecule has 0 fully saturated rings. The Labute approximate surface area is 102 Å². The average molecular weight is 292 g/mol. The highest BCUT2D eigenvalue weighted by Crippen LogP contribution is 2.18. The van der Waals surface area contributed by atoms with E-state index in [-0.39, 0.29) is 16.7 Å². The zero-order valence-electron chi connectivity index (χ0n) is 8.95. The first-order valence-electron chi connectivity index (χ1n) is 4.82. The predicted molar refractivity (Wildman–Crippen MR) is 65.5 cm³/mol. The molecule has 0 radical (unpaired) electrons. The van der Waals surface area contributed by atoms with Crippen LogP contribution >= 0.6 is 27.3 Å². The van der Waals surface area contributed by atoms with Crippen molar-refractivity contribution in [2.45, 2.75) is 32.0 Å². The lowest BCUT2D eigenvalue weighted by Crippen LogP contribution is -2.26. The molecule has 0 aliphatic heterocycles. The highest BCUT2D eigenvalue weighted by Gasteiger charge is 2.19. The van der Waals surface area contributed by atoms with Crippen LogP contribution in [0.4, 0.5) is 5.13 Å². The first-order chi connectivity index (χ1) is 7.04. The molecular formula is C9H14BrN3OS. The maximum atomic E-state index is 11.6. The van der Waals surface area contributed by atoms with Crippen LogP contribution in [0.25, 0.3) is 0 Å². The van der Waals surface area contributed by atoms with E-state index >= 15 is 0 Å². The van der Waals surface area contributed by atoms with Crippen LogP contribution in [0.1, 0.15) is 25.8 Å². The Hall–Kier alpha value is -0.490. The average Bonchev–Trinajstić information content (AvgIpc) is 2.64. The van der Waals surface area contributed by atoms with Crippen molar-refractivity contribution in [3.8, 4) is 0 Å². The Bertz CT molecular complexity index is 340. The lowest BCUT2D eigenvalue weighted by molar-refractivity contribution is -0.116. The van der Waals surface area contributed by atoms with E-state index in [2.05, 4.69) is 31.4 Å². The van der Waals surface area contributed by atoms with E-state index in [1.54, 1.807) is 0 Å². The Kier molecular flexibility index (Phi) is 4.66. The molecular weight excluding hydrogens is 278 g/mol. The summed E-state index contributed by atoms with van der Waals surface area (Å²) in [6.07, 6.45) is 0.843. The van der Waals surface area contributed by atoms with Crippen molar-refractivity contribution < 1.29 is 4.79 Å². The van der Waals surface area contributed by atoms with Crippen LogP contribution < -0.4 is 5.32 Å². The minimum absolute atomic E-state index is 0.0659. The molecule has 0 unspecified atom stereocenters. The first kappa shape index (κ1) is 12.6. The van der Waals surface area contributed by atoms with Gasteiger partial charge in [-0.1, -0.05) is 48.0 Å². The normalized spacial score (nSPS) is 12.9. The number of alkyl halides is 1. The summed E-state index contributed by atoms with van der Waals surface area (Å²) in [5.41, 5.74) is 0. The molecule has 84 valence electrons. The van der Waals surface area contributed by atoms with E-state index in [0.717, 1.165) is 11.4 Å². The van der Waals surface area contributed by atoms with Gasteiger partial charge >= 0.3 is 0 Å². The molecule has 1 rings (SSSR count). The summed E-state index contributed by atoms with van der Waals surface area (Å²) in [6.45, 7) is 5.97. The Morgan fingerprint density at radius 2 is 2.20 bits per heavy atom. The number of carbonyl (C=O) groups is 1. The molecule has 0 aromatic carbocycles. The number of nitrogens with zero attached hydrogens (tertiary/aromatic N) is 2. The number of anilines is 1. The highest BCUT2D eigenvalue weighted by atomic mass is 79.9. The summed E-state index contributed by atoms with van der Waals surface area (Å²) in [5.74, 6) is 0.187. The zero-order valence-corrected chi connectivity index (χ0v) is 11.4. The first-order valence-corrected chi connectivity index (χ1v) is 6.55. The van der Waals surface area contributed by atoms with Gasteiger partial charge in [0.25, 0.3) is 0 Å². The maximum Gasteiger partial charge on any atom is 0.240 e. The molecule has 0 aliphatic carbocycles. The molecule has 0 bridgehead atoms. The monoisotopic (exact) mass is 291 g/mol. The van der Waals surface area contributed by atoms with Crippen molar-refractivity contribution in [3.63, 3.8) is 0 Å². The molecule has 0 aliphatic rings. The molecule has 1 N–H and O–H groups in total. The van der Waals surface area contributed by atoms with E-state index < -0.39 is 0 Å². The van der Waals surface area contributed by atoms with E-state index in [4.69, 9.17) is 0 Å². The molecule has 6 heteroatoms. The SMILES string of the molecule is CCc1nnc(NC(=O)[C@@H](Br)C(C)C)s1. The number of aromatic nitrogens is 2. The molecule has 1 atom stereocenters. The van der Waals surface area contributed by atoms with Gasteiger partial charge in [-0.3, -0.25) is 10.1 Å². The number of halogens is 1. The third kappa shape index (κ3) is 3.53. The Balaban J connectivity index is 2.58. The topological polar surface area (TPSA) is 54.9 Å². The second kappa shape index (κ2) is 5.55. The van der Waals surface area contributed by atoms with E-state index in [9.17, 15) is 4.79 Å². The van der Waals surface area contributed by atoms with Crippen molar-refractivity contribution in [1.29, 1.82) is 0 Å². The molecule has 0 spiro atoms. The Morgan fingerprint density at radius 3 is 2.67 bits per heavy atom. The molecule has 0 saturated heterocycles. The minimum atomic E-state index is -0.188. The fraction of sp³-hybridized carbons (Fsp3) is 0.667. The number of carbonyl (C=O) groups excluding carboxylic acids is 1. The molecule has 15 heavy (non-hydrogen) atoms. The van der Waals surface area contributed by atoms with Gasteiger partial charge in [0.15, 0.2) is 0 Å². The van der Waals surface area contributed by atoms with Gasteiger partial charge in [0, 0.05) is 0 Å². The summed E-state index contributed by atoms with van der Waals surface area (Å²) in [6, 6.07) is 0. The summed E-state index contributed by atoms with van der Waals surface area (Å²) in [7, 11) is 0. The van der Waals surface area contributed by atoms with Crippen LogP contribution in [0.3, 0.4) is 0 Å². The van der Waals surface area contributed by atoms with Crippen molar-refractivity contribution in [2.75, 3.05) is 5.32 Å². The van der Waals surface area contributed by atoms with Gasteiger partial charge in [0.2, 0.25) is 11.0 Å². The fourth-order valence-corrected chi connectivity index (χ4v) is 1.72. The van der Waals surface area contributed by atoms with Gasteiger partial charge < -0.3 is 0 Å². The van der Waals surface area contributed by atoms with Crippen molar-refractivity contribution in [2.24, 2.45) is 5.92 Å². The summed E-state index contributed by atoms with van der Waals surface area (Å²) >= 11 is 4.75. The quantitative estimate of drug-likeness (QED) is 0.867. The van der Waals surface area contributed by atoms with Crippen LogP contribution in [0.5, 0.6) is 0 Å². The van der Waals surface area contributed by atoms with Crippen LogP contribution in [-0.2, 0) is 11.2 Å². The van der Waals surface area contributed by atoms with E-state index in [1.165, 1.54) is 11.3 Å². The fourth-order valence-electron chi connectivity index (χ4n) is 0.924. The van der Waals surface area contributed by atoms with Gasteiger partial charge in [-0.05, 0) is 12.3 Å².